The van der Waals surface area contributed by atoms with Gasteiger partial charge in [-0.2, -0.15) is 0 Å². The van der Waals surface area contributed by atoms with E-state index in [1.165, 1.54) is 10.8 Å². The summed E-state index contributed by atoms with van der Waals surface area (Å²) in [6.07, 6.45) is 1.91. The second-order valence-corrected chi connectivity index (χ2v) is 13.5. The lowest BCUT2D eigenvalue weighted by molar-refractivity contribution is 0.415. The van der Waals surface area contributed by atoms with Crippen molar-refractivity contribution in [1.82, 2.24) is 0 Å². The first kappa shape index (κ1) is 15.6. The minimum atomic E-state index is -2.02. The molecule has 0 saturated carbocycles. The van der Waals surface area contributed by atoms with Gasteiger partial charge in [-0.1, -0.05) is 36.9 Å². The molecule has 0 aliphatic carbocycles. The van der Waals surface area contributed by atoms with E-state index in [0.29, 0.717) is 9.76 Å². The van der Waals surface area contributed by atoms with Crippen molar-refractivity contribution in [3.05, 3.63) is 36.4 Å². The van der Waals surface area contributed by atoms with E-state index >= 15 is 0 Å². The summed E-state index contributed by atoms with van der Waals surface area (Å²) in [4.78, 5) is 0. The van der Waals surface area contributed by atoms with Crippen molar-refractivity contribution >= 4 is 37.9 Å². The Bertz CT molecular complexity index is 416. The van der Waals surface area contributed by atoms with Gasteiger partial charge in [-0.3, -0.25) is 0 Å². The fraction of sp³-hybridized carbons (Fsp3) is 0.385. The van der Waals surface area contributed by atoms with Crippen molar-refractivity contribution in [2.45, 2.75) is 32.7 Å². The molecule has 0 aliphatic heterocycles. The van der Waals surface area contributed by atoms with Gasteiger partial charge in [0.1, 0.15) is 0 Å². The predicted octanol–water partition coefficient (Wildman–Crippen LogP) is 3.14. The normalized spacial score (nSPS) is 12.5. The third-order valence-corrected chi connectivity index (χ3v) is 11.2. The molecular formula is C13H22O2Si3. The van der Waals surface area contributed by atoms with Gasteiger partial charge >= 0.3 is 8.56 Å². The predicted molar refractivity (Wildman–Crippen MR) is 84.9 cm³/mol. The molecular weight excluding hydrogens is 272 g/mol. The van der Waals surface area contributed by atoms with Gasteiger partial charge in [0.05, 0.1) is 0 Å². The Morgan fingerprint density at radius 1 is 1.17 bits per heavy atom. The summed E-state index contributed by atoms with van der Waals surface area (Å²) in [6.45, 7) is 14.6. The minimum Gasteiger partial charge on any atom is -0.437 e. The minimum absolute atomic E-state index is 0.489. The lowest BCUT2D eigenvalue weighted by Crippen LogP contribution is -2.54. The maximum atomic E-state index is 6.41. The van der Waals surface area contributed by atoms with Crippen LogP contribution in [0.5, 0.6) is 0 Å². The smallest absolute Gasteiger partial charge is 0.311 e. The lowest BCUT2D eigenvalue weighted by atomic mass is 10.2. The molecule has 2 nitrogen and oxygen atoms in total. The van der Waals surface area contributed by atoms with Crippen LogP contribution in [0.15, 0.2) is 30.8 Å². The molecule has 0 saturated heterocycles. The van der Waals surface area contributed by atoms with E-state index in [0.717, 1.165) is 0 Å². The van der Waals surface area contributed by atoms with Gasteiger partial charge in [-0.15, -0.1) is 0 Å². The molecule has 0 aliphatic rings. The van der Waals surface area contributed by atoms with Crippen LogP contribution in [0, 0.1) is 0 Å². The van der Waals surface area contributed by atoms with Crippen LogP contribution in [0.4, 0.5) is 0 Å². The highest BCUT2D eigenvalue weighted by atomic mass is 28.5. The molecule has 1 aromatic rings. The highest BCUT2D eigenvalue weighted by Gasteiger charge is 2.36. The van der Waals surface area contributed by atoms with Crippen molar-refractivity contribution < 1.29 is 8.23 Å². The molecule has 18 heavy (non-hydrogen) atoms. The summed E-state index contributed by atoms with van der Waals surface area (Å²) >= 11 is 0. The van der Waals surface area contributed by atoms with Gasteiger partial charge in [0.15, 0.2) is 0 Å². The van der Waals surface area contributed by atoms with E-state index in [1.807, 2.05) is 18.7 Å². The van der Waals surface area contributed by atoms with Crippen LogP contribution in [-0.4, -0.2) is 26.6 Å². The van der Waals surface area contributed by atoms with Crippen molar-refractivity contribution in [1.29, 1.82) is 0 Å². The van der Waals surface area contributed by atoms with Crippen LogP contribution in [-0.2, 0) is 8.23 Å². The molecule has 0 N–H and O–H groups in total. The largest absolute Gasteiger partial charge is 0.437 e. The van der Waals surface area contributed by atoms with Crippen LogP contribution in [0.2, 0.25) is 32.7 Å². The van der Waals surface area contributed by atoms with Crippen LogP contribution >= 0.6 is 0 Å². The highest BCUT2D eigenvalue weighted by molar-refractivity contribution is 6.91. The average Bonchev–Trinajstić information content (AvgIpc) is 2.27. The van der Waals surface area contributed by atoms with E-state index in [1.54, 1.807) is 0 Å². The van der Waals surface area contributed by atoms with Crippen molar-refractivity contribution in [2.75, 3.05) is 0 Å². The third-order valence-electron chi connectivity index (χ3n) is 2.68. The summed E-state index contributed by atoms with van der Waals surface area (Å²) in [5.74, 6) is 0. The summed E-state index contributed by atoms with van der Waals surface area (Å²) in [7, 11) is -3.48. The van der Waals surface area contributed by atoms with Crippen molar-refractivity contribution in [3.8, 4) is 0 Å². The van der Waals surface area contributed by atoms with Gasteiger partial charge < -0.3 is 8.23 Å². The van der Waals surface area contributed by atoms with Gasteiger partial charge in [-0.05, 0) is 43.5 Å². The molecule has 2 radical (unpaired) electrons. The van der Waals surface area contributed by atoms with Gasteiger partial charge in [0.25, 0.3) is 0 Å². The van der Waals surface area contributed by atoms with Crippen LogP contribution in [0.1, 0.15) is 5.56 Å². The Kier molecular flexibility index (Phi) is 5.30. The molecule has 0 unspecified atom stereocenters. The van der Waals surface area contributed by atoms with E-state index < -0.39 is 16.9 Å². The lowest BCUT2D eigenvalue weighted by Gasteiger charge is -2.34. The number of benzene rings is 1. The van der Waals surface area contributed by atoms with Gasteiger partial charge in [0, 0.05) is 0 Å². The molecule has 1 rings (SSSR count). The zero-order chi connectivity index (χ0) is 13.8. The molecule has 0 aromatic heterocycles. The molecule has 0 spiro atoms. The summed E-state index contributed by atoms with van der Waals surface area (Å²) in [6, 6.07) is 8.36. The second-order valence-electron chi connectivity index (χ2n) is 5.11. The van der Waals surface area contributed by atoms with E-state index in [-0.39, 0.29) is 0 Å². The Hall–Kier alpha value is -0.469. The van der Waals surface area contributed by atoms with E-state index in [2.05, 4.69) is 51.0 Å². The maximum Gasteiger partial charge on any atom is 0.311 e. The fourth-order valence-electron chi connectivity index (χ4n) is 2.16. The maximum absolute atomic E-state index is 6.41. The van der Waals surface area contributed by atoms with E-state index in [4.69, 9.17) is 8.23 Å². The first-order chi connectivity index (χ1) is 8.32. The van der Waals surface area contributed by atoms with Crippen molar-refractivity contribution in [2.24, 2.45) is 0 Å². The van der Waals surface area contributed by atoms with Crippen LogP contribution in [0.25, 0.3) is 6.08 Å². The van der Waals surface area contributed by atoms with Gasteiger partial charge in [-0.25, -0.2) is 0 Å². The Labute approximate surface area is 115 Å². The SMILES string of the molecule is C=Cc1ccccc1[Si](C)(C)O[Si](C)(C)O[Si]C. The molecule has 98 valence electrons. The monoisotopic (exact) mass is 294 g/mol. The molecule has 0 bridgehead atoms. The molecule has 5 heteroatoms. The summed E-state index contributed by atoms with van der Waals surface area (Å²) in [5, 5.41) is 1.30. The highest BCUT2D eigenvalue weighted by Crippen LogP contribution is 2.17. The topological polar surface area (TPSA) is 18.5 Å². The van der Waals surface area contributed by atoms with Crippen LogP contribution < -0.4 is 5.19 Å². The number of hydrogen-bond donors (Lipinski definition) is 0. The second kappa shape index (κ2) is 6.12. The van der Waals surface area contributed by atoms with E-state index in [9.17, 15) is 0 Å². The zero-order valence-corrected chi connectivity index (χ0v) is 14.9. The summed E-state index contributed by atoms with van der Waals surface area (Å²) in [5.41, 5.74) is 1.18. The first-order valence-electron chi connectivity index (χ1n) is 6.09. The molecule has 0 fully saturated rings. The molecule has 0 heterocycles. The zero-order valence-electron chi connectivity index (χ0n) is 11.9. The fourth-order valence-corrected chi connectivity index (χ4v) is 11.4. The Morgan fingerprint density at radius 2 is 1.78 bits per heavy atom. The standard InChI is InChI=1S/C13H22O2Si3/c1-7-12-10-8-9-11-13(12)17(3,4)15-18(5,6)14-16-2/h7-11H,1H2,2-6H3. The van der Waals surface area contributed by atoms with Crippen molar-refractivity contribution in [3.63, 3.8) is 0 Å². The Balaban J connectivity index is 3.02. The Morgan fingerprint density at radius 3 is 2.33 bits per heavy atom. The molecule has 0 amide bonds. The quantitative estimate of drug-likeness (QED) is 0.751. The van der Waals surface area contributed by atoms with Gasteiger partial charge in [0.2, 0.25) is 18.1 Å². The average molecular weight is 295 g/mol. The third kappa shape index (κ3) is 4.03. The summed E-state index contributed by atoms with van der Waals surface area (Å²) < 4.78 is 12.2. The van der Waals surface area contributed by atoms with Crippen LogP contribution in [0.3, 0.4) is 0 Å². The number of rotatable bonds is 6. The molecule has 0 atom stereocenters. The first-order valence-corrected chi connectivity index (χ1v) is 13.2. The number of hydrogen-bond acceptors (Lipinski definition) is 2. The molecule has 1 aromatic carbocycles.